The van der Waals surface area contributed by atoms with Gasteiger partial charge in [0.15, 0.2) is 0 Å². The fraction of sp³-hybridized carbons (Fsp3) is 0.938. The van der Waals surface area contributed by atoms with E-state index in [4.69, 9.17) is 5.73 Å². The molecule has 1 amide bonds. The molecule has 1 unspecified atom stereocenters. The Morgan fingerprint density at radius 3 is 2.05 bits per heavy atom. The van der Waals surface area contributed by atoms with E-state index >= 15 is 0 Å². The maximum Gasteiger partial charge on any atom is 0.236 e. The SMILES string of the molecule is CCCCCCCCCCNC(=O)C(N)CC(C)C. The van der Waals surface area contributed by atoms with Gasteiger partial charge in [-0.2, -0.15) is 0 Å². The van der Waals surface area contributed by atoms with Crippen LogP contribution in [0.4, 0.5) is 0 Å². The highest BCUT2D eigenvalue weighted by Gasteiger charge is 2.13. The highest BCUT2D eigenvalue weighted by molar-refractivity contribution is 5.81. The van der Waals surface area contributed by atoms with Gasteiger partial charge in [0.1, 0.15) is 0 Å². The van der Waals surface area contributed by atoms with Crippen molar-refractivity contribution in [2.45, 2.75) is 84.6 Å². The Kier molecular flexibility index (Phi) is 12.1. The normalized spacial score (nSPS) is 12.7. The smallest absolute Gasteiger partial charge is 0.236 e. The predicted molar refractivity (Wildman–Crippen MR) is 83.1 cm³/mol. The predicted octanol–water partition coefficient (Wildman–Crippen LogP) is 3.62. The van der Waals surface area contributed by atoms with Crippen LogP contribution in [0.2, 0.25) is 0 Å². The molecule has 0 aliphatic rings. The summed E-state index contributed by atoms with van der Waals surface area (Å²) in [5.74, 6) is 0.487. The van der Waals surface area contributed by atoms with Crippen molar-refractivity contribution in [1.82, 2.24) is 5.32 Å². The van der Waals surface area contributed by atoms with Gasteiger partial charge in [0.2, 0.25) is 5.91 Å². The first-order valence-electron chi connectivity index (χ1n) is 8.11. The molecule has 0 saturated carbocycles. The minimum absolute atomic E-state index is 0.0108. The molecule has 19 heavy (non-hydrogen) atoms. The van der Waals surface area contributed by atoms with Gasteiger partial charge in [0.25, 0.3) is 0 Å². The molecule has 0 heterocycles. The third-order valence-electron chi connectivity index (χ3n) is 3.39. The van der Waals surface area contributed by atoms with Crippen LogP contribution in [0.5, 0.6) is 0 Å². The molecule has 0 aromatic carbocycles. The van der Waals surface area contributed by atoms with Gasteiger partial charge in [-0.25, -0.2) is 0 Å². The van der Waals surface area contributed by atoms with Crippen LogP contribution in [-0.4, -0.2) is 18.5 Å². The number of amides is 1. The van der Waals surface area contributed by atoms with E-state index in [0.717, 1.165) is 19.4 Å². The van der Waals surface area contributed by atoms with E-state index in [-0.39, 0.29) is 11.9 Å². The fourth-order valence-electron chi connectivity index (χ4n) is 2.22. The van der Waals surface area contributed by atoms with Gasteiger partial charge < -0.3 is 11.1 Å². The summed E-state index contributed by atoms with van der Waals surface area (Å²) in [4.78, 5) is 11.6. The molecule has 0 bridgehead atoms. The Balaban J connectivity index is 3.32. The molecule has 0 aliphatic heterocycles. The number of hydrogen-bond donors (Lipinski definition) is 2. The van der Waals surface area contributed by atoms with E-state index in [1.165, 1.54) is 44.9 Å². The first-order valence-corrected chi connectivity index (χ1v) is 8.11. The topological polar surface area (TPSA) is 55.1 Å². The summed E-state index contributed by atoms with van der Waals surface area (Å²) < 4.78 is 0. The van der Waals surface area contributed by atoms with E-state index in [1.807, 2.05) is 0 Å². The van der Waals surface area contributed by atoms with Crippen LogP contribution in [0.1, 0.15) is 78.6 Å². The van der Waals surface area contributed by atoms with Gasteiger partial charge in [-0.3, -0.25) is 4.79 Å². The van der Waals surface area contributed by atoms with Crippen molar-refractivity contribution in [2.24, 2.45) is 11.7 Å². The molecule has 3 nitrogen and oxygen atoms in total. The second kappa shape index (κ2) is 12.5. The van der Waals surface area contributed by atoms with Crippen LogP contribution in [0.15, 0.2) is 0 Å². The Morgan fingerprint density at radius 1 is 1.00 bits per heavy atom. The summed E-state index contributed by atoms with van der Waals surface area (Å²) in [6.45, 7) is 7.20. The number of hydrogen-bond acceptors (Lipinski definition) is 2. The van der Waals surface area contributed by atoms with Crippen LogP contribution in [0.25, 0.3) is 0 Å². The molecule has 0 aromatic rings. The first-order chi connectivity index (χ1) is 9.07. The third kappa shape index (κ3) is 12.2. The Morgan fingerprint density at radius 2 is 1.53 bits per heavy atom. The lowest BCUT2D eigenvalue weighted by atomic mass is 10.0. The molecule has 0 spiro atoms. The fourth-order valence-corrected chi connectivity index (χ4v) is 2.22. The lowest BCUT2D eigenvalue weighted by Crippen LogP contribution is -2.41. The lowest BCUT2D eigenvalue weighted by molar-refractivity contribution is -0.122. The van der Waals surface area contributed by atoms with Gasteiger partial charge in [0.05, 0.1) is 6.04 Å². The number of nitrogens with one attached hydrogen (secondary N) is 1. The second-order valence-electron chi connectivity index (χ2n) is 6.00. The van der Waals surface area contributed by atoms with Crippen molar-refractivity contribution < 1.29 is 4.79 Å². The van der Waals surface area contributed by atoms with Crippen LogP contribution in [-0.2, 0) is 4.79 Å². The van der Waals surface area contributed by atoms with Crippen molar-refractivity contribution in [1.29, 1.82) is 0 Å². The highest BCUT2D eigenvalue weighted by Crippen LogP contribution is 2.08. The summed E-state index contributed by atoms with van der Waals surface area (Å²) in [5, 5.41) is 2.94. The average Bonchev–Trinajstić information content (AvgIpc) is 2.35. The molecule has 114 valence electrons. The molecule has 0 aliphatic carbocycles. The molecule has 1 atom stereocenters. The van der Waals surface area contributed by atoms with Gasteiger partial charge in [0, 0.05) is 6.54 Å². The molecule has 0 aromatic heterocycles. The van der Waals surface area contributed by atoms with E-state index in [0.29, 0.717) is 5.92 Å². The first kappa shape index (κ1) is 18.4. The zero-order chi connectivity index (χ0) is 14.5. The standard InChI is InChI=1S/C16H34N2O/c1-4-5-6-7-8-9-10-11-12-18-16(19)15(17)13-14(2)3/h14-15H,4-13,17H2,1-3H3,(H,18,19). The maximum atomic E-state index is 11.6. The molecular formula is C16H34N2O. The zero-order valence-corrected chi connectivity index (χ0v) is 13.2. The van der Waals surface area contributed by atoms with Gasteiger partial charge >= 0.3 is 0 Å². The van der Waals surface area contributed by atoms with E-state index in [9.17, 15) is 4.79 Å². The monoisotopic (exact) mass is 270 g/mol. The molecule has 0 saturated heterocycles. The number of carbonyl (C=O) groups is 1. The molecule has 0 rings (SSSR count). The summed E-state index contributed by atoms with van der Waals surface area (Å²) in [5.41, 5.74) is 5.82. The van der Waals surface area contributed by atoms with E-state index in [2.05, 4.69) is 26.1 Å². The van der Waals surface area contributed by atoms with Crippen molar-refractivity contribution >= 4 is 5.91 Å². The Hall–Kier alpha value is -0.570. The van der Waals surface area contributed by atoms with E-state index < -0.39 is 0 Å². The minimum atomic E-state index is -0.339. The molecule has 0 radical (unpaired) electrons. The average molecular weight is 270 g/mol. The number of unbranched alkanes of at least 4 members (excludes halogenated alkanes) is 7. The van der Waals surface area contributed by atoms with Crippen LogP contribution in [0.3, 0.4) is 0 Å². The largest absolute Gasteiger partial charge is 0.355 e. The number of carbonyl (C=O) groups excluding carboxylic acids is 1. The molecule has 3 heteroatoms. The molecule has 3 N–H and O–H groups in total. The minimum Gasteiger partial charge on any atom is -0.355 e. The molecular weight excluding hydrogens is 236 g/mol. The van der Waals surface area contributed by atoms with Gasteiger partial charge in [-0.1, -0.05) is 65.7 Å². The summed E-state index contributed by atoms with van der Waals surface area (Å²) in [6, 6.07) is -0.339. The zero-order valence-electron chi connectivity index (χ0n) is 13.2. The van der Waals surface area contributed by atoms with Gasteiger partial charge in [-0.15, -0.1) is 0 Å². The molecule has 0 fully saturated rings. The van der Waals surface area contributed by atoms with Crippen molar-refractivity contribution in [3.63, 3.8) is 0 Å². The summed E-state index contributed by atoms with van der Waals surface area (Å²) >= 11 is 0. The summed E-state index contributed by atoms with van der Waals surface area (Å²) in [7, 11) is 0. The number of nitrogens with two attached hydrogens (primary N) is 1. The Labute approximate surface area is 119 Å². The van der Waals surface area contributed by atoms with Crippen LogP contribution >= 0.6 is 0 Å². The quantitative estimate of drug-likeness (QED) is 0.532. The van der Waals surface area contributed by atoms with Crippen LogP contribution < -0.4 is 11.1 Å². The van der Waals surface area contributed by atoms with Crippen molar-refractivity contribution in [3.05, 3.63) is 0 Å². The lowest BCUT2D eigenvalue weighted by Gasteiger charge is -2.14. The van der Waals surface area contributed by atoms with E-state index in [1.54, 1.807) is 0 Å². The van der Waals surface area contributed by atoms with Crippen molar-refractivity contribution in [2.75, 3.05) is 6.54 Å². The Bertz CT molecular complexity index is 217. The van der Waals surface area contributed by atoms with Crippen molar-refractivity contribution in [3.8, 4) is 0 Å². The number of rotatable bonds is 12. The third-order valence-corrected chi connectivity index (χ3v) is 3.39. The highest BCUT2D eigenvalue weighted by atomic mass is 16.2. The van der Waals surface area contributed by atoms with Crippen LogP contribution in [0, 0.1) is 5.92 Å². The second-order valence-corrected chi connectivity index (χ2v) is 6.00. The maximum absolute atomic E-state index is 11.6. The summed E-state index contributed by atoms with van der Waals surface area (Å²) in [6.07, 6.45) is 11.1. The van der Waals surface area contributed by atoms with Gasteiger partial charge in [-0.05, 0) is 18.8 Å².